The summed E-state index contributed by atoms with van der Waals surface area (Å²) in [7, 11) is 0. The zero-order chi connectivity index (χ0) is 19.6. The fourth-order valence-corrected chi connectivity index (χ4v) is 2.58. The third-order valence-electron chi connectivity index (χ3n) is 3.80. The molecule has 0 spiro atoms. The van der Waals surface area contributed by atoms with Crippen molar-refractivity contribution in [2.75, 3.05) is 6.61 Å². The van der Waals surface area contributed by atoms with Gasteiger partial charge in [-0.05, 0) is 31.2 Å². The molecule has 0 aromatic heterocycles. The van der Waals surface area contributed by atoms with Gasteiger partial charge in [0, 0.05) is 0 Å². The van der Waals surface area contributed by atoms with Gasteiger partial charge >= 0.3 is 18.0 Å². The molecule has 0 saturated carbocycles. The van der Waals surface area contributed by atoms with E-state index in [1.807, 2.05) is 0 Å². The van der Waals surface area contributed by atoms with Gasteiger partial charge in [-0.3, -0.25) is 9.59 Å². The number of imide groups is 3. The van der Waals surface area contributed by atoms with Crippen LogP contribution < -0.4 is 0 Å². The number of cyclic esters (lactones) is 2. The molecule has 0 aliphatic carbocycles. The van der Waals surface area contributed by atoms with Gasteiger partial charge in [-0.25, -0.2) is 14.4 Å². The van der Waals surface area contributed by atoms with E-state index >= 15 is 0 Å². The highest BCUT2D eigenvalue weighted by atomic mass is 16.6. The van der Waals surface area contributed by atoms with Crippen LogP contribution in [0.3, 0.4) is 0 Å². The van der Waals surface area contributed by atoms with Crippen LogP contribution in [-0.2, 0) is 9.47 Å². The van der Waals surface area contributed by atoms with Crippen LogP contribution in [0.1, 0.15) is 48.4 Å². The van der Waals surface area contributed by atoms with E-state index in [2.05, 4.69) is 9.47 Å². The maximum atomic E-state index is 11.7. The molecule has 0 radical (unpaired) electrons. The third-order valence-corrected chi connectivity index (χ3v) is 3.80. The van der Waals surface area contributed by atoms with Crippen molar-refractivity contribution in [3.63, 3.8) is 0 Å². The van der Waals surface area contributed by atoms with Crippen molar-refractivity contribution in [3.05, 3.63) is 70.8 Å². The molecule has 2 aliphatic heterocycles. The Balaban J connectivity index is 0.000000166. The number of hydrogen-bond acceptors (Lipinski definition) is 7. The number of nitrogens with zero attached hydrogens (tertiary/aromatic N) is 1. The minimum Gasteiger partial charge on any atom is -0.449 e. The number of hydrogen-bond donors (Lipinski definition) is 0. The third kappa shape index (κ3) is 3.20. The zero-order valence-electron chi connectivity index (χ0n) is 14.1. The van der Waals surface area contributed by atoms with Crippen molar-refractivity contribution in [1.82, 2.24) is 4.90 Å². The molecule has 27 heavy (non-hydrogen) atoms. The van der Waals surface area contributed by atoms with Crippen LogP contribution in [0.25, 0.3) is 0 Å². The Bertz CT molecular complexity index is 912. The molecule has 0 unspecified atom stereocenters. The Morgan fingerprint density at radius 1 is 0.815 bits per heavy atom. The quantitative estimate of drug-likeness (QED) is 0.433. The maximum absolute atomic E-state index is 11.7. The van der Waals surface area contributed by atoms with E-state index in [0.29, 0.717) is 16.0 Å². The number of fused-ring (bicyclic) bond motifs is 2. The van der Waals surface area contributed by atoms with E-state index in [4.69, 9.17) is 0 Å². The summed E-state index contributed by atoms with van der Waals surface area (Å²) >= 11 is 0. The van der Waals surface area contributed by atoms with Gasteiger partial charge in [0.15, 0.2) is 0 Å². The van der Waals surface area contributed by atoms with Crippen LogP contribution in [-0.4, -0.2) is 41.4 Å². The molecule has 0 fully saturated rings. The van der Waals surface area contributed by atoms with Crippen molar-refractivity contribution in [3.8, 4) is 0 Å². The van der Waals surface area contributed by atoms with Crippen molar-refractivity contribution in [1.29, 1.82) is 0 Å². The van der Waals surface area contributed by atoms with Crippen LogP contribution in [0, 0.1) is 0 Å². The molecule has 3 amide bonds. The molecular weight excluding hydrogens is 354 g/mol. The highest BCUT2D eigenvalue weighted by molar-refractivity contribution is 6.28. The molecule has 2 aromatic rings. The number of ether oxygens (including phenoxy) is 2. The number of carbonyl (C=O) groups excluding carboxylic acids is 5. The number of amides is 3. The van der Waals surface area contributed by atoms with Crippen LogP contribution in [0.4, 0.5) is 4.79 Å². The topological polar surface area (TPSA) is 107 Å². The molecular formula is C19H13NO7. The Labute approximate surface area is 153 Å². The first kappa shape index (κ1) is 18.0. The minimum atomic E-state index is -0.922. The minimum absolute atomic E-state index is 0.117. The summed E-state index contributed by atoms with van der Waals surface area (Å²) in [5.74, 6) is -2.35. The number of carbonyl (C=O) groups is 5. The first-order valence-corrected chi connectivity index (χ1v) is 7.95. The molecule has 8 nitrogen and oxygen atoms in total. The lowest BCUT2D eigenvalue weighted by Crippen LogP contribution is -2.36. The molecule has 0 bridgehead atoms. The lowest BCUT2D eigenvalue weighted by atomic mass is 10.1. The first-order valence-electron chi connectivity index (χ1n) is 7.95. The van der Waals surface area contributed by atoms with Crippen LogP contribution in [0.5, 0.6) is 0 Å². The second-order valence-electron chi connectivity index (χ2n) is 5.41. The lowest BCUT2D eigenvalue weighted by Gasteiger charge is -2.10. The summed E-state index contributed by atoms with van der Waals surface area (Å²) in [4.78, 5) is 57.0. The Kier molecular flexibility index (Phi) is 4.80. The zero-order valence-corrected chi connectivity index (χ0v) is 14.1. The average molecular weight is 367 g/mol. The normalized spacial score (nSPS) is 14.2. The van der Waals surface area contributed by atoms with Crippen LogP contribution >= 0.6 is 0 Å². The van der Waals surface area contributed by atoms with E-state index < -0.39 is 29.8 Å². The van der Waals surface area contributed by atoms with Crippen molar-refractivity contribution in [2.45, 2.75) is 6.92 Å². The SMILES string of the molecule is CCOC(=O)N1C(=O)c2ccccc2C1=O.O=C1OC(=O)c2ccccc21. The van der Waals surface area contributed by atoms with Crippen LogP contribution in [0.15, 0.2) is 48.5 Å². The van der Waals surface area contributed by atoms with E-state index in [9.17, 15) is 24.0 Å². The van der Waals surface area contributed by atoms with Gasteiger partial charge in [-0.1, -0.05) is 24.3 Å². The number of benzene rings is 2. The van der Waals surface area contributed by atoms with Gasteiger partial charge in [0.1, 0.15) is 0 Å². The summed E-state index contributed by atoms with van der Waals surface area (Å²) in [6.45, 7) is 1.72. The molecule has 0 saturated heterocycles. The molecule has 2 heterocycles. The highest BCUT2D eigenvalue weighted by Crippen LogP contribution is 2.23. The van der Waals surface area contributed by atoms with E-state index in [1.165, 1.54) is 12.1 Å². The van der Waals surface area contributed by atoms with Gasteiger partial charge in [0.05, 0.1) is 28.9 Å². The average Bonchev–Trinajstić information content (AvgIpc) is 3.10. The van der Waals surface area contributed by atoms with Gasteiger partial charge < -0.3 is 9.47 Å². The summed E-state index contributed by atoms with van der Waals surface area (Å²) < 4.78 is 9.00. The summed E-state index contributed by atoms with van der Waals surface area (Å²) in [5.41, 5.74) is 1.19. The summed E-state index contributed by atoms with van der Waals surface area (Å²) in [5, 5.41) is 0. The Hall–Kier alpha value is -3.81. The molecule has 2 aromatic carbocycles. The summed E-state index contributed by atoms with van der Waals surface area (Å²) in [6.07, 6.45) is -0.922. The number of rotatable bonds is 1. The second kappa shape index (κ2) is 7.20. The van der Waals surface area contributed by atoms with Gasteiger partial charge in [-0.2, -0.15) is 4.90 Å². The predicted molar refractivity (Wildman–Crippen MR) is 90.2 cm³/mol. The fraction of sp³-hybridized carbons (Fsp3) is 0.105. The predicted octanol–water partition coefficient (Wildman–Crippen LogP) is 2.44. The Morgan fingerprint density at radius 2 is 1.22 bits per heavy atom. The van der Waals surface area contributed by atoms with Crippen molar-refractivity contribution >= 4 is 29.8 Å². The highest BCUT2D eigenvalue weighted by Gasteiger charge is 2.40. The molecule has 4 rings (SSSR count). The van der Waals surface area contributed by atoms with Crippen molar-refractivity contribution in [2.24, 2.45) is 0 Å². The molecule has 136 valence electrons. The van der Waals surface area contributed by atoms with E-state index in [-0.39, 0.29) is 17.7 Å². The standard InChI is InChI=1S/C11H9NO4.C8H4O3/c1-2-16-11(15)12-9(13)7-5-3-4-6-8(7)10(12)14;9-7-5-3-1-2-4-6(5)8(10)11-7/h3-6H,2H2,1H3;1-4H. The molecule has 2 aliphatic rings. The lowest BCUT2D eigenvalue weighted by molar-refractivity contribution is 0.0441. The molecule has 0 atom stereocenters. The maximum Gasteiger partial charge on any atom is 0.424 e. The Morgan fingerprint density at radius 3 is 1.63 bits per heavy atom. The summed E-state index contributed by atoms with van der Waals surface area (Å²) in [6, 6.07) is 12.8. The van der Waals surface area contributed by atoms with Gasteiger partial charge in [-0.15, -0.1) is 0 Å². The first-order chi connectivity index (χ1) is 13.0. The largest absolute Gasteiger partial charge is 0.449 e. The van der Waals surface area contributed by atoms with Gasteiger partial charge in [0.2, 0.25) is 0 Å². The van der Waals surface area contributed by atoms with Crippen molar-refractivity contribution < 1.29 is 33.4 Å². The molecule has 8 heteroatoms. The second-order valence-corrected chi connectivity index (χ2v) is 5.41. The monoisotopic (exact) mass is 367 g/mol. The smallest absolute Gasteiger partial charge is 0.424 e. The number of esters is 2. The molecule has 0 N–H and O–H groups in total. The van der Waals surface area contributed by atoms with E-state index in [1.54, 1.807) is 43.3 Å². The van der Waals surface area contributed by atoms with E-state index in [0.717, 1.165) is 0 Å². The van der Waals surface area contributed by atoms with Crippen LogP contribution in [0.2, 0.25) is 0 Å². The van der Waals surface area contributed by atoms with Gasteiger partial charge in [0.25, 0.3) is 11.8 Å². The fourth-order valence-electron chi connectivity index (χ4n) is 2.58.